The number of ketones is 1. The van der Waals surface area contributed by atoms with Crippen molar-refractivity contribution in [2.75, 3.05) is 21.3 Å². The van der Waals surface area contributed by atoms with Crippen LogP contribution in [0, 0.1) is 6.92 Å². The highest BCUT2D eigenvalue weighted by Crippen LogP contribution is 2.35. The number of aryl methyl sites for hydroxylation is 1. The molecular weight excluding hydrogens is 300 g/mol. The van der Waals surface area contributed by atoms with E-state index < -0.39 is 0 Å². The van der Waals surface area contributed by atoms with Crippen LogP contribution in [0.15, 0.2) is 30.3 Å². The molecule has 0 spiro atoms. The molecule has 116 valence electrons. The van der Waals surface area contributed by atoms with Gasteiger partial charge in [-0.05, 0) is 37.3 Å². The van der Waals surface area contributed by atoms with E-state index in [1.807, 2.05) is 19.1 Å². The van der Waals surface area contributed by atoms with Crippen molar-refractivity contribution in [1.29, 1.82) is 0 Å². The number of thiophene rings is 1. The number of rotatable bonds is 6. The zero-order valence-electron chi connectivity index (χ0n) is 13.0. The van der Waals surface area contributed by atoms with E-state index in [4.69, 9.17) is 14.2 Å². The Morgan fingerprint density at radius 2 is 1.64 bits per heavy atom. The fourth-order valence-electron chi connectivity index (χ4n) is 2.00. The Balaban J connectivity index is 2.31. The third kappa shape index (κ3) is 3.49. The largest absolute Gasteiger partial charge is 0.496 e. The number of benzene rings is 1. The molecule has 0 aliphatic carbocycles. The maximum Gasteiger partial charge on any atom is 0.195 e. The lowest BCUT2D eigenvalue weighted by molar-refractivity contribution is 0.105. The van der Waals surface area contributed by atoms with Crippen molar-refractivity contribution in [1.82, 2.24) is 0 Å². The summed E-state index contributed by atoms with van der Waals surface area (Å²) < 4.78 is 15.8. The summed E-state index contributed by atoms with van der Waals surface area (Å²) in [5, 5.41) is 0. The van der Waals surface area contributed by atoms with Gasteiger partial charge in [0.15, 0.2) is 17.3 Å². The van der Waals surface area contributed by atoms with Gasteiger partial charge in [0.1, 0.15) is 5.75 Å². The van der Waals surface area contributed by atoms with Gasteiger partial charge in [0.05, 0.1) is 26.2 Å². The third-order valence-electron chi connectivity index (χ3n) is 3.13. The Hall–Kier alpha value is -2.27. The number of carbonyl (C=O) groups is 1. The van der Waals surface area contributed by atoms with Crippen LogP contribution in [-0.2, 0) is 0 Å². The van der Waals surface area contributed by atoms with Gasteiger partial charge in [0.2, 0.25) is 0 Å². The van der Waals surface area contributed by atoms with E-state index in [9.17, 15) is 4.79 Å². The second kappa shape index (κ2) is 7.13. The molecule has 0 bridgehead atoms. The highest BCUT2D eigenvalue weighted by Gasteiger charge is 2.11. The first-order valence-electron chi connectivity index (χ1n) is 6.68. The van der Waals surface area contributed by atoms with Gasteiger partial charge in [-0.2, -0.15) is 0 Å². The quantitative estimate of drug-likeness (QED) is 0.597. The molecule has 0 fully saturated rings. The van der Waals surface area contributed by atoms with Gasteiger partial charge >= 0.3 is 0 Å². The van der Waals surface area contributed by atoms with Crippen LogP contribution in [0.1, 0.15) is 20.1 Å². The first-order chi connectivity index (χ1) is 10.6. The van der Waals surface area contributed by atoms with Crippen molar-refractivity contribution in [3.8, 4) is 17.2 Å². The number of ether oxygens (including phenoxy) is 3. The van der Waals surface area contributed by atoms with Crippen molar-refractivity contribution in [3.63, 3.8) is 0 Å². The fraction of sp³-hybridized carbons (Fsp3) is 0.235. The summed E-state index contributed by atoms with van der Waals surface area (Å²) in [5.41, 5.74) is 0.752. The van der Waals surface area contributed by atoms with Crippen molar-refractivity contribution in [2.24, 2.45) is 0 Å². The normalized spacial score (nSPS) is 10.7. The Labute approximate surface area is 133 Å². The first kappa shape index (κ1) is 16.1. The minimum atomic E-state index is -0.0325. The summed E-state index contributed by atoms with van der Waals surface area (Å²) >= 11 is 1.48. The smallest absolute Gasteiger partial charge is 0.195 e. The van der Waals surface area contributed by atoms with Crippen LogP contribution >= 0.6 is 11.3 Å². The van der Waals surface area contributed by atoms with Gasteiger partial charge < -0.3 is 14.2 Å². The molecule has 1 aromatic carbocycles. The molecule has 0 unspecified atom stereocenters. The predicted octanol–water partition coefficient (Wildman–Crippen LogP) is 3.98. The topological polar surface area (TPSA) is 44.8 Å². The van der Waals surface area contributed by atoms with Crippen molar-refractivity contribution >= 4 is 23.2 Å². The molecule has 0 saturated carbocycles. The lowest BCUT2D eigenvalue weighted by atomic mass is 10.1. The van der Waals surface area contributed by atoms with E-state index in [1.54, 1.807) is 39.5 Å². The predicted molar refractivity (Wildman–Crippen MR) is 88.5 cm³/mol. The summed E-state index contributed by atoms with van der Waals surface area (Å²) in [5.74, 6) is 1.75. The summed E-state index contributed by atoms with van der Waals surface area (Å²) in [7, 11) is 4.70. The van der Waals surface area contributed by atoms with E-state index in [2.05, 4.69) is 0 Å². The maximum absolute atomic E-state index is 12.1. The summed E-state index contributed by atoms with van der Waals surface area (Å²) in [6, 6.07) is 7.28. The highest BCUT2D eigenvalue weighted by atomic mass is 32.1. The van der Waals surface area contributed by atoms with Crippen molar-refractivity contribution < 1.29 is 19.0 Å². The minimum Gasteiger partial charge on any atom is -0.496 e. The summed E-state index contributed by atoms with van der Waals surface area (Å²) in [6.45, 7) is 1.97. The number of hydrogen-bond donors (Lipinski definition) is 0. The number of allylic oxidation sites excluding steroid dienone is 1. The van der Waals surface area contributed by atoms with E-state index in [1.165, 1.54) is 17.4 Å². The zero-order valence-corrected chi connectivity index (χ0v) is 13.8. The number of hydrogen-bond acceptors (Lipinski definition) is 5. The monoisotopic (exact) mass is 318 g/mol. The summed E-state index contributed by atoms with van der Waals surface area (Å²) in [6.07, 6.45) is 3.26. The molecule has 2 rings (SSSR count). The number of methoxy groups -OCH3 is 3. The Morgan fingerprint density at radius 3 is 2.18 bits per heavy atom. The molecule has 0 atom stereocenters. The molecule has 5 heteroatoms. The van der Waals surface area contributed by atoms with Crippen LogP contribution in [0.25, 0.3) is 6.08 Å². The second-order valence-corrected chi connectivity index (χ2v) is 5.84. The Morgan fingerprint density at radius 1 is 1.00 bits per heavy atom. The molecule has 4 nitrogen and oxygen atoms in total. The molecule has 0 aliphatic heterocycles. The lowest BCUT2D eigenvalue weighted by Crippen LogP contribution is -1.95. The van der Waals surface area contributed by atoms with Gasteiger partial charge in [-0.1, -0.05) is 0 Å². The van der Waals surface area contributed by atoms with Gasteiger partial charge in [-0.3, -0.25) is 4.79 Å². The second-order valence-electron chi connectivity index (χ2n) is 4.56. The molecule has 0 amide bonds. The van der Waals surface area contributed by atoms with Gasteiger partial charge in [-0.25, -0.2) is 0 Å². The van der Waals surface area contributed by atoms with E-state index in [0.717, 1.165) is 10.4 Å². The SMILES string of the molecule is COc1cc(OC)c(OC)cc1C=CC(=O)c1ccc(C)s1. The standard InChI is InChI=1S/C17H18O4S/c1-11-5-8-17(22-11)13(18)7-6-12-9-15(20-3)16(21-4)10-14(12)19-2/h5-10H,1-4H3. The van der Waals surface area contributed by atoms with Crippen LogP contribution < -0.4 is 14.2 Å². The van der Waals surface area contributed by atoms with Gasteiger partial charge in [-0.15, -0.1) is 11.3 Å². The molecule has 0 N–H and O–H groups in total. The molecular formula is C17H18O4S. The Bertz CT molecular complexity index is 701. The van der Waals surface area contributed by atoms with Gasteiger partial charge in [0.25, 0.3) is 0 Å². The first-order valence-corrected chi connectivity index (χ1v) is 7.49. The highest BCUT2D eigenvalue weighted by molar-refractivity contribution is 7.14. The summed E-state index contributed by atoms with van der Waals surface area (Å²) in [4.78, 5) is 14.0. The van der Waals surface area contributed by atoms with E-state index in [0.29, 0.717) is 22.1 Å². The van der Waals surface area contributed by atoms with Crippen LogP contribution in [0.3, 0.4) is 0 Å². The molecule has 2 aromatic rings. The van der Waals surface area contributed by atoms with Crippen LogP contribution in [0.2, 0.25) is 0 Å². The molecule has 0 saturated heterocycles. The molecule has 0 aliphatic rings. The zero-order chi connectivity index (χ0) is 16.1. The third-order valence-corrected chi connectivity index (χ3v) is 4.15. The Kier molecular flexibility index (Phi) is 5.22. The van der Waals surface area contributed by atoms with Crippen molar-refractivity contribution in [3.05, 3.63) is 45.7 Å². The lowest BCUT2D eigenvalue weighted by Gasteiger charge is -2.12. The van der Waals surface area contributed by atoms with Crippen molar-refractivity contribution in [2.45, 2.75) is 6.92 Å². The van der Waals surface area contributed by atoms with E-state index in [-0.39, 0.29) is 5.78 Å². The van der Waals surface area contributed by atoms with Crippen LogP contribution in [0.4, 0.5) is 0 Å². The fourth-order valence-corrected chi connectivity index (χ4v) is 2.79. The molecule has 22 heavy (non-hydrogen) atoms. The van der Waals surface area contributed by atoms with E-state index >= 15 is 0 Å². The van der Waals surface area contributed by atoms with Gasteiger partial charge in [0, 0.05) is 16.5 Å². The van der Waals surface area contributed by atoms with Crippen LogP contribution in [0.5, 0.6) is 17.2 Å². The molecule has 1 heterocycles. The van der Waals surface area contributed by atoms with Crippen LogP contribution in [-0.4, -0.2) is 27.1 Å². The average Bonchev–Trinajstić information content (AvgIpc) is 2.98. The number of carbonyl (C=O) groups excluding carboxylic acids is 1. The minimum absolute atomic E-state index is 0.0325. The molecule has 0 radical (unpaired) electrons. The average molecular weight is 318 g/mol. The molecule has 1 aromatic heterocycles. The maximum atomic E-state index is 12.1.